The maximum Gasteiger partial charge on any atom is 0.155 e. The molecule has 0 aliphatic carbocycles. The van der Waals surface area contributed by atoms with Crippen LogP contribution in [0.3, 0.4) is 0 Å². The molecule has 0 rings (SSSR count). The second-order valence-corrected chi connectivity index (χ2v) is 3.46. The van der Waals surface area contributed by atoms with E-state index in [4.69, 9.17) is 0 Å². The molecule has 2 heteroatoms. The van der Waals surface area contributed by atoms with E-state index >= 15 is 0 Å². The molecule has 0 spiro atoms. The first-order valence-electron chi connectivity index (χ1n) is 4.35. The molecule has 0 amide bonds. The molecule has 2 nitrogen and oxygen atoms in total. The smallest absolute Gasteiger partial charge is 0.155 e. The Balaban J connectivity index is 4.35. The van der Waals surface area contributed by atoms with Gasteiger partial charge in [0.25, 0.3) is 0 Å². The lowest BCUT2D eigenvalue weighted by Crippen LogP contribution is -2.29. The van der Waals surface area contributed by atoms with Crippen LogP contribution in [-0.2, 0) is 4.79 Å². The van der Waals surface area contributed by atoms with E-state index in [1.165, 1.54) is 0 Å². The van der Waals surface area contributed by atoms with Crippen LogP contribution in [0.5, 0.6) is 0 Å². The molecule has 70 valence electrons. The Labute approximate surface area is 75.0 Å². The summed E-state index contributed by atoms with van der Waals surface area (Å²) in [6.07, 6.45) is 1.99. The molecule has 0 radical (unpaired) electrons. The van der Waals surface area contributed by atoms with Crippen molar-refractivity contribution >= 4 is 5.78 Å². The number of ketones is 1. The third kappa shape index (κ3) is 3.67. The van der Waals surface area contributed by atoms with Crippen LogP contribution in [0.2, 0.25) is 0 Å². The Morgan fingerprint density at radius 2 is 1.83 bits per heavy atom. The van der Waals surface area contributed by atoms with Gasteiger partial charge in [0.2, 0.25) is 0 Å². The Bertz CT molecular complexity index is 182. The molecule has 1 atom stereocenters. The van der Waals surface area contributed by atoms with Crippen LogP contribution < -0.4 is 5.32 Å². The zero-order valence-corrected chi connectivity index (χ0v) is 8.64. The summed E-state index contributed by atoms with van der Waals surface area (Å²) in [4.78, 5) is 10.9. The van der Waals surface area contributed by atoms with E-state index in [2.05, 4.69) is 19.2 Å². The molecule has 0 heterocycles. The van der Waals surface area contributed by atoms with Crippen molar-refractivity contribution in [3.8, 4) is 0 Å². The van der Waals surface area contributed by atoms with Crippen molar-refractivity contribution in [2.75, 3.05) is 7.05 Å². The van der Waals surface area contributed by atoms with Gasteiger partial charge in [-0.05, 0) is 32.4 Å². The Hall–Kier alpha value is -0.630. The monoisotopic (exact) mass is 169 g/mol. The summed E-state index contributed by atoms with van der Waals surface area (Å²) in [6, 6.07) is 0.300. The fraction of sp³-hybridized carbons (Fsp3) is 0.700. The van der Waals surface area contributed by atoms with Crippen molar-refractivity contribution in [3.63, 3.8) is 0 Å². The van der Waals surface area contributed by atoms with Gasteiger partial charge in [0.15, 0.2) is 5.78 Å². The number of carbonyl (C=O) groups excluding carboxylic acids is 1. The highest BCUT2D eigenvalue weighted by molar-refractivity contribution is 5.92. The summed E-state index contributed by atoms with van der Waals surface area (Å²) in [5.41, 5.74) is 0.836. The van der Waals surface area contributed by atoms with E-state index < -0.39 is 0 Å². The fourth-order valence-corrected chi connectivity index (χ4v) is 0.996. The summed E-state index contributed by atoms with van der Waals surface area (Å²) in [7, 11) is 1.91. The van der Waals surface area contributed by atoms with Crippen LogP contribution in [0.15, 0.2) is 11.6 Å². The molecule has 0 aliphatic heterocycles. The van der Waals surface area contributed by atoms with Gasteiger partial charge in [0, 0.05) is 6.04 Å². The molecule has 12 heavy (non-hydrogen) atoms. The van der Waals surface area contributed by atoms with Crippen molar-refractivity contribution in [1.82, 2.24) is 5.32 Å². The number of hydrogen-bond donors (Lipinski definition) is 1. The highest BCUT2D eigenvalue weighted by Crippen LogP contribution is 2.06. The van der Waals surface area contributed by atoms with Gasteiger partial charge < -0.3 is 5.32 Å². The average Bonchev–Trinajstić information content (AvgIpc) is 1.98. The van der Waals surface area contributed by atoms with E-state index in [1.807, 2.05) is 20.0 Å². The topological polar surface area (TPSA) is 29.1 Å². The summed E-state index contributed by atoms with van der Waals surface area (Å²) < 4.78 is 0. The molecule has 0 aromatic carbocycles. The standard InChI is InChI=1S/C10H19NO/c1-7(2)10(11-5)6-8(3)9(4)12/h6-7,10-11H,1-5H3/b8-6+/t10-/m1/s1. The molecule has 0 unspecified atom stereocenters. The van der Waals surface area contributed by atoms with Gasteiger partial charge >= 0.3 is 0 Å². The largest absolute Gasteiger partial charge is 0.313 e. The third-order valence-corrected chi connectivity index (χ3v) is 2.04. The first kappa shape index (κ1) is 11.4. The molecular weight excluding hydrogens is 150 g/mol. The number of likely N-dealkylation sites (N-methyl/N-ethyl adjacent to an activating group) is 1. The lowest BCUT2D eigenvalue weighted by atomic mass is 10.0. The van der Waals surface area contributed by atoms with Crippen molar-refractivity contribution in [2.45, 2.75) is 33.7 Å². The Morgan fingerprint density at radius 3 is 2.08 bits per heavy atom. The summed E-state index contributed by atoms with van der Waals surface area (Å²) in [5.74, 6) is 0.667. The van der Waals surface area contributed by atoms with E-state index in [0.717, 1.165) is 5.57 Å². The predicted octanol–water partition coefficient (Wildman–Crippen LogP) is 1.77. The van der Waals surface area contributed by atoms with Crippen LogP contribution in [0.1, 0.15) is 27.7 Å². The molecule has 0 saturated heterocycles. The molecular formula is C10H19NO. The van der Waals surface area contributed by atoms with E-state index in [1.54, 1.807) is 6.92 Å². The van der Waals surface area contributed by atoms with Gasteiger partial charge in [-0.15, -0.1) is 0 Å². The van der Waals surface area contributed by atoms with Gasteiger partial charge in [-0.3, -0.25) is 4.79 Å². The van der Waals surface area contributed by atoms with Gasteiger partial charge in [-0.2, -0.15) is 0 Å². The maximum absolute atomic E-state index is 10.9. The van der Waals surface area contributed by atoms with Crippen LogP contribution in [0, 0.1) is 5.92 Å². The van der Waals surface area contributed by atoms with E-state index in [0.29, 0.717) is 12.0 Å². The van der Waals surface area contributed by atoms with Crippen LogP contribution in [0.25, 0.3) is 0 Å². The summed E-state index contributed by atoms with van der Waals surface area (Å²) in [5, 5.41) is 3.16. The zero-order chi connectivity index (χ0) is 9.72. The first-order valence-corrected chi connectivity index (χ1v) is 4.35. The summed E-state index contributed by atoms with van der Waals surface area (Å²) in [6.45, 7) is 7.71. The number of allylic oxidation sites excluding steroid dienone is 1. The van der Waals surface area contributed by atoms with Crippen LogP contribution in [-0.4, -0.2) is 18.9 Å². The molecule has 0 aromatic rings. The van der Waals surface area contributed by atoms with Crippen molar-refractivity contribution in [2.24, 2.45) is 5.92 Å². The summed E-state index contributed by atoms with van der Waals surface area (Å²) >= 11 is 0. The minimum atomic E-state index is 0.149. The highest BCUT2D eigenvalue weighted by Gasteiger charge is 2.08. The average molecular weight is 169 g/mol. The minimum Gasteiger partial charge on any atom is -0.313 e. The molecule has 0 aliphatic rings. The predicted molar refractivity (Wildman–Crippen MR) is 52.1 cm³/mol. The normalized spacial score (nSPS) is 15.0. The van der Waals surface area contributed by atoms with Gasteiger partial charge in [-0.25, -0.2) is 0 Å². The van der Waals surface area contributed by atoms with Gasteiger partial charge in [0.1, 0.15) is 0 Å². The zero-order valence-electron chi connectivity index (χ0n) is 8.64. The fourth-order valence-electron chi connectivity index (χ4n) is 0.996. The third-order valence-electron chi connectivity index (χ3n) is 2.04. The second-order valence-electron chi connectivity index (χ2n) is 3.46. The Kier molecular flexibility index (Phi) is 4.83. The van der Waals surface area contributed by atoms with Gasteiger partial charge in [0.05, 0.1) is 0 Å². The second kappa shape index (κ2) is 5.09. The number of Topliss-reactive ketones (excluding diaryl/α,β-unsaturated/α-hetero) is 1. The quantitative estimate of drug-likeness (QED) is 0.650. The molecule has 0 bridgehead atoms. The minimum absolute atomic E-state index is 0.149. The van der Waals surface area contributed by atoms with Crippen molar-refractivity contribution in [1.29, 1.82) is 0 Å². The lowest BCUT2D eigenvalue weighted by molar-refractivity contribution is -0.113. The Morgan fingerprint density at radius 1 is 1.33 bits per heavy atom. The van der Waals surface area contributed by atoms with Gasteiger partial charge in [-0.1, -0.05) is 19.9 Å². The number of hydrogen-bond acceptors (Lipinski definition) is 2. The highest BCUT2D eigenvalue weighted by atomic mass is 16.1. The van der Waals surface area contributed by atoms with E-state index in [9.17, 15) is 4.79 Å². The van der Waals surface area contributed by atoms with E-state index in [-0.39, 0.29) is 5.78 Å². The van der Waals surface area contributed by atoms with Crippen LogP contribution >= 0.6 is 0 Å². The number of rotatable bonds is 4. The molecule has 0 fully saturated rings. The molecule has 0 saturated carbocycles. The van der Waals surface area contributed by atoms with Crippen LogP contribution in [0.4, 0.5) is 0 Å². The first-order chi connectivity index (χ1) is 5.49. The SMILES string of the molecule is CN[C@H](/C=C(\C)C(C)=O)C(C)C. The lowest BCUT2D eigenvalue weighted by Gasteiger charge is -2.16. The van der Waals surface area contributed by atoms with Crippen molar-refractivity contribution < 1.29 is 4.79 Å². The maximum atomic E-state index is 10.9. The molecule has 0 aromatic heterocycles. The number of carbonyl (C=O) groups is 1. The molecule has 1 N–H and O–H groups in total. The van der Waals surface area contributed by atoms with Crippen molar-refractivity contribution in [3.05, 3.63) is 11.6 Å². The number of nitrogens with one attached hydrogen (secondary N) is 1.